The predicted octanol–water partition coefficient (Wildman–Crippen LogP) is 1.85. The molecule has 0 spiro atoms. The molecule has 1 aliphatic heterocycles. The Bertz CT molecular complexity index is 743. The standard InChI is InChI=1S/C15H16F3N5O/c16-15(17,18)10-3-1-4-11(7-10)23-9-13(20-21-23)14(24)22-6-2-5-12(22)8-19/h1,3-4,7,9,12H,2,5-6,8,19H2/t12-/m0/s1. The van der Waals surface area contributed by atoms with E-state index in [-0.39, 0.29) is 23.3 Å². The van der Waals surface area contributed by atoms with Gasteiger partial charge in [0.15, 0.2) is 5.69 Å². The molecule has 9 heteroatoms. The largest absolute Gasteiger partial charge is 0.416 e. The van der Waals surface area contributed by atoms with Gasteiger partial charge in [-0.15, -0.1) is 5.10 Å². The zero-order chi connectivity index (χ0) is 17.3. The number of aromatic nitrogens is 3. The van der Waals surface area contributed by atoms with Gasteiger partial charge in [-0.1, -0.05) is 11.3 Å². The maximum absolute atomic E-state index is 12.8. The molecular formula is C15H16F3N5O. The summed E-state index contributed by atoms with van der Waals surface area (Å²) < 4.78 is 39.5. The minimum absolute atomic E-state index is 0.0313. The molecule has 1 fully saturated rings. The molecule has 1 aromatic heterocycles. The van der Waals surface area contributed by atoms with Crippen molar-refractivity contribution in [2.24, 2.45) is 5.73 Å². The number of hydrogen-bond acceptors (Lipinski definition) is 4. The second kappa shape index (κ2) is 6.23. The number of rotatable bonds is 3. The average Bonchev–Trinajstić information content (AvgIpc) is 3.22. The van der Waals surface area contributed by atoms with Crippen LogP contribution >= 0.6 is 0 Å². The van der Waals surface area contributed by atoms with E-state index in [0.717, 1.165) is 29.7 Å². The molecule has 2 heterocycles. The Balaban J connectivity index is 1.85. The molecule has 1 amide bonds. The quantitative estimate of drug-likeness (QED) is 0.926. The van der Waals surface area contributed by atoms with Crippen LogP contribution in [-0.2, 0) is 6.18 Å². The topological polar surface area (TPSA) is 77.0 Å². The fourth-order valence-electron chi connectivity index (χ4n) is 2.81. The third-order valence-corrected chi connectivity index (χ3v) is 4.06. The SMILES string of the molecule is NC[C@@H]1CCCN1C(=O)c1cn(-c2cccc(C(F)(F)F)c2)nn1. The summed E-state index contributed by atoms with van der Waals surface area (Å²) in [5, 5.41) is 7.57. The Morgan fingerprint density at radius 1 is 1.38 bits per heavy atom. The lowest BCUT2D eigenvalue weighted by Crippen LogP contribution is -2.40. The molecule has 2 aromatic rings. The van der Waals surface area contributed by atoms with E-state index in [9.17, 15) is 18.0 Å². The van der Waals surface area contributed by atoms with Gasteiger partial charge < -0.3 is 10.6 Å². The Morgan fingerprint density at radius 3 is 2.88 bits per heavy atom. The molecule has 1 saturated heterocycles. The maximum Gasteiger partial charge on any atom is 0.416 e. The predicted molar refractivity (Wildman–Crippen MR) is 79.5 cm³/mol. The molecule has 0 unspecified atom stereocenters. The van der Waals surface area contributed by atoms with Crippen molar-refractivity contribution in [3.8, 4) is 5.69 Å². The first-order chi connectivity index (χ1) is 11.4. The number of benzene rings is 1. The summed E-state index contributed by atoms with van der Waals surface area (Å²) in [6, 6.07) is 4.66. The van der Waals surface area contributed by atoms with Crippen molar-refractivity contribution in [1.82, 2.24) is 19.9 Å². The van der Waals surface area contributed by atoms with E-state index in [2.05, 4.69) is 10.3 Å². The van der Waals surface area contributed by atoms with Gasteiger partial charge >= 0.3 is 6.18 Å². The van der Waals surface area contributed by atoms with Crippen LogP contribution in [0.4, 0.5) is 13.2 Å². The minimum Gasteiger partial charge on any atom is -0.333 e. The van der Waals surface area contributed by atoms with Gasteiger partial charge in [-0.3, -0.25) is 4.79 Å². The number of nitrogens with two attached hydrogens (primary N) is 1. The molecular weight excluding hydrogens is 323 g/mol. The average molecular weight is 339 g/mol. The summed E-state index contributed by atoms with van der Waals surface area (Å²) in [5.74, 6) is -0.304. The zero-order valence-corrected chi connectivity index (χ0v) is 12.7. The Morgan fingerprint density at radius 2 is 2.17 bits per heavy atom. The summed E-state index contributed by atoms with van der Waals surface area (Å²) in [4.78, 5) is 14.1. The van der Waals surface area contributed by atoms with Gasteiger partial charge in [0.25, 0.3) is 5.91 Å². The molecule has 1 aromatic carbocycles. The van der Waals surface area contributed by atoms with Gasteiger partial charge in [0.1, 0.15) is 0 Å². The van der Waals surface area contributed by atoms with Crippen LogP contribution in [0.15, 0.2) is 30.5 Å². The molecule has 1 atom stereocenters. The summed E-state index contributed by atoms with van der Waals surface area (Å²) in [5.41, 5.74) is 5.14. The highest BCUT2D eigenvalue weighted by Gasteiger charge is 2.31. The van der Waals surface area contributed by atoms with E-state index < -0.39 is 11.7 Å². The van der Waals surface area contributed by atoms with E-state index >= 15 is 0 Å². The van der Waals surface area contributed by atoms with Crippen LogP contribution in [0.2, 0.25) is 0 Å². The highest BCUT2D eigenvalue weighted by atomic mass is 19.4. The number of amides is 1. The molecule has 24 heavy (non-hydrogen) atoms. The number of alkyl halides is 3. The lowest BCUT2D eigenvalue weighted by molar-refractivity contribution is -0.137. The van der Waals surface area contributed by atoms with E-state index in [4.69, 9.17) is 5.73 Å². The van der Waals surface area contributed by atoms with E-state index in [1.54, 1.807) is 4.90 Å². The number of likely N-dealkylation sites (tertiary alicyclic amines) is 1. The molecule has 0 radical (unpaired) electrons. The molecule has 0 saturated carbocycles. The van der Waals surface area contributed by atoms with Gasteiger partial charge in [0.2, 0.25) is 0 Å². The number of carbonyl (C=O) groups excluding carboxylic acids is 1. The Hall–Kier alpha value is -2.42. The number of carbonyl (C=O) groups is 1. The van der Waals surface area contributed by atoms with Crippen molar-refractivity contribution in [2.75, 3.05) is 13.1 Å². The number of nitrogens with zero attached hydrogens (tertiary/aromatic N) is 4. The highest BCUT2D eigenvalue weighted by molar-refractivity contribution is 5.92. The molecule has 6 nitrogen and oxygen atoms in total. The van der Waals surface area contributed by atoms with Crippen LogP contribution in [-0.4, -0.2) is 44.9 Å². The third kappa shape index (κ3) is 3.12. The summed E-state index contributed by atoms with van der Waals surface area (Å²) >= 11 is 0. The normalized spacial score (nSPS) is 18.2. The van der Waals surface area contributed by atoms with Crippen LogP contribution in [0.5, 0.6) is 0 Å². The van der Waals surface area contributed by atoms with Crippen LogP contribution in [0, 0.1) is 0 Å². The first kappa shape index (κ1) is 16.4. The third-order valence-electron chi connectivity index (χ3n) is 4.06. The van der Waals surface area contributed by atoms with E-state index in [1.165, 1.54) is 18.3 Å². The highest BCUT2D eigenvalue weighted by Crippen LogP contribution is 2.30. The number of hydrogen-bond donors (Lipinski definition) is 1. The summed E-state index contributed by atoms with van der Waals surface area (Å²) in [6.07, 6.45) is -1.40. The van der Waals surface area contributed by atoms with Crippen molar-refractivity contribution in [2.45, 2.75) is 25.1 Å². The van der Waals surface area contributed by atoms with E-state index in [0.29, 0.717) is 13.1 Å². The van der Waals surface area contributed by atoms with Crippen LogP contribution < -0.4 is 5.73 Å². The molecule has 0 aliphatic carbocycles. The first-order valence-electron chi connectivity index (χ1n) is 7.51. The van der Waals surface area contributed by atoms with Gasteiger partial charge in [-0.2, -0.15) is 13.2 Å². The molecule has 0 bridgehead atoms. The molecule has 2 N–H and O–H groups in total. The van der Waals surface area contributed by atoms with Crippen molar-refractivity contribution < 1.29 is 18.0 Å². The van der Waals surface area contributed by atoms with Crippen molar-refractivity contribution in [1.29, 1.82) is 0 Å². The molecule has 1 aliphatic rings. The van der Waals surface area contributed by atoms with Gasteiger partial charge in [-0.25, -0.2) is 4.68 Å². The Labute approximate surface area is 136 Å². The second-order valence-corrected chi connectivity index (χ2v) is 5.63. The van der Waals surface area contributed by atoms with Crippen molar-refractivity contribution in [3.05, 3.63) is 41.7 Å². The lowest BCUT2D eigenvalue weighted by atomic mass is 10.2. The minimum atomic E-state index is -4.45. The van der Waals surface area contributed by atoms with E-state index in [1.807, 2.05) is 0 Å². The maximum atomic E-state index is 12.8. The fourth-order valence-corrected chi connectivity index (χ4v) is 2.81. The second-order valence-electron chi connectivity index (χ2n) is 5.63. The van der Waals surface area contributed by atoms with Crippen LogP contribution in [0.3, 0.4) is 0 Å². The van der Waals surface area contributed by atoms with Crippen LogP contribution in [0.1, 0.15) is 28.9 Å². The van der Waals surface area contributed by atoms with Gasteiger partial charge in [-0.05, 0) is 31.0 Å². The van der Waals surface area contributed by atoms with Crippen molar-refractivity contribution in [3.63, 3.8) is 0 Å². The van der Waals surface area contributed by atoms with Crippen molar-refractivity contribution >= 4 is 5.91 Å². The summed E-state index contributed by atoms with van der Waals surface area (Å²) in [7, 11) is 0. The number of halogens is 3. The Kier molecular flexibility index (Phi) is 4.27. The lowest BCUT2D eigenvalue weighted by Gasteiger charge is -2.22. The van der Waals surface area contributed by atoms with Gasteiger partial charge in [0, 0.05) is 19.1 Å². The monoisotopic (exact) mass is 339 g/mol. The summed E-state index contributed by atoms with van der Waals surface area (Å²) in [6.45, 7) is 0.963. The smallest absolute Gasteiger partial charge is 0.333 e. The zero-order valence-electron chi connectivity index (χ0n) is 12.7. The molecule has 3 rings (SSSR count). The fraction of sp³-hybridized carbons (Fsp3) is 0.400. The molecule has 128 valence electrons. The van der Waals surface area contributed by atoms with Gasteiger partial charge in [0.05, 0.1) is 17.4 Å². The first-order valence-corrected chi connectivity index (χ1v) is 7.51. The van der Waals surface area contributed by atoms with Crippen LogP contribution in [0.25, 0.3) is 5.69 Å².